The van der Waals surface area contributed by atoms with E-state index in [0.717, 1.165) is 16.5 Å². The fourth-order valence-electron chi connectivity index (χ4n) is 2.58. The zero-order chi connectivity index (χ0) is 17.6. The van der Waals surface area contributed by atoms with Crippen molar-refractivity contribution < 1.29 is 14.3 Å². The Morgan fingerprint density at radius 2 is 1.64 bits per heavy atom. The van der Waals surface area contributed by atoms with Gasteiger partial charge >= 0.3 is 0 Å². The number of hydrogen-bond acceptors (Lipinski definition) is 4. The maximum atomic E-state index is 12.3. The molecule has 4 nitrogen and oxygen atoms in total. The topological polar surface area (TPSA) is 47.6 Å². The van der Waals surface area contributed by atoms with Crippen LogP contribution in [-0.4, -0.2) is 20.0 Å². The number of benzene rings is 3. The molecular formula is C21H19NO3. The lowest BCUT2D eigenvalue weighted by molar-refractivity contribution is 0.104. The third-order valence-electron chi connectivity index (χ3n) is 3.90. The van der Waals surface area contributed by atoms with E-state index in [2.05, 4.69) is 5.32 Å². The van der Waals surface area contributed by atoms with Crippen LogP contribution >= 0.6 is 0 Å². The lowest BCUT2D eigenvalue weighted by atomic mass is 10.0. The van der Waals surface area contributed by atoms with E-state index < -0.39 is 0 Å². The molecule has 126 valence electrons. The van der Waals surface area contributed by atoms with E-state index in [0.29, 0.717) is 17.1 Å². The average Bonchev–Trinajstić information content (AvgIpc) is 2.67. The van der Waals surface area contributed by atoms with Gasteiger partial charge < -0.3 is 14.8 Å². The first-order valence-corrected chi connectivity index (χ1v) is 7.89. The maximum Gasteiger partial charge on any atom is 0.187 e. The number of ether oxygens (including phenoxy) is 2. The zero-order valence-corrected chi connectivity index (χ0v) is 14.2. The number of hydrogen-bond donors (Lipinski definition) is 1. The minimum Gasteiger partial charge on any atom is -0.493 e. The van der Waals surface area contributed by atoms with Gasteiger partial charge in [0.25, 0.3) is 0 Å². The van der Waals surface area contributed by atoms with Crippen molar-refractivity contribution in [2.75, 3.05) is 19.5 Å². The van der Waals surface area contributed by atoms with Crippen molar-refractivity contribution in [2.24, 2.45) is 0 Å². The maximum absolute atomic E-state index is 12.3. The van der Waals surface area contributed by atoms with Crippen LogP contribution in [0.5, 0.6) is 11.5 Å². The van der Waals surface area contributed by atoms with Gasteiger partial charge in [-0.25, -0.2) is 0 Å². The molecule has 3 aromatic rings. The highest BCUT2D eigenvalue weighted by molar-refractivity contribution is 6.06. The van der Waals surface area contributed by atoms with Gasteiger partial charge in [-0.3, -0.25) is 4.79 Å². The number of methoxy groups -OCH3 is 2. The first-order chi connectivity index (χ1) is 12.2. The zero-order valence-electron chi connectivity index (χ0n) is 14.2. The van der Waals surface area contributed by atoms with Crippen molar-refractivity contribution in [3.63, 3.8) is 0 Å². The normalized spacial score (nSPS) is 10.8. The molecule has 0 fully saturated rings. The molecule has 0 aliphatic carbocycles. The summed E-state index contributed by atoms with van der Waals surface area (Å²) in [7, 11) is 3.17. The fraction of sp³-hybridized carbons (Fsp3) is 0.0952. The van der Waals surface area contributed by atoms with Crippen LogP contribution in [0.3, 0.4) is 0 Å². The molecule has 0 unspecified atom stereocenters. The molecule has 0 amide bonds. The van der Waals surface area contributed by atoms with Crippen LogP contribution in [0.1, 0.15) is 10.4 Å². The Balaban J connectivity index is 1.71. The Bertz CT molecular complexity index is 931. The largest absolute Gasteiger partial charge is 0.493 e. The van der Waals surface area contributed by atoms with Crippen molar-refractivity contribution in [1.82, 2.24) is 0 Å². The monoisotopic (exact) mass is 333 g/mol. The quantitative estimate of drug-likeness (QED) is 0.526. The van der Waals surface area contributed by atoms with Crippen LogP contribution in [0.25, 0.3) is 10.8 Å². The minimum absolute atomic E-state index is 0.0567. The van der Waals surface area contributed by atoms with Crippen LogP contribution in [0.15, 0.2) is 72.9 Å². The Kier molecular flexibility index (Phi) is 5.00. The van der Waals surface area contributed by atoms with Gasteiger partial charge in [0.05, 0.1) is 14.2 Å². The predicted molar refractivity (Wildman–Crippen MR) is 101 cm³/mol. The van der Waals surface area contributed by atoms with E-state index in [1.54, 1.807) is 26.5 Å². The van der Waals surface area contributed by atoms with Gasteiger partial charge in [0.15, 0.2) is 17.3 Å². The summed E-state index contributed by atoms with van der Waals surface area (Å²) in [4.78, 5) is 12.3. The molecular weight excluding hydrogens is 314 g/mol. The Hall–Kier alpha value is -3.27. The SMILES string of the molecule is COc1ccc(NC=CC(=O)c2ccc3ccccc3c2)cc1OC. The molecule has 4 heteroatoms. The summed E-state index contributed by atoms with van der Waals surface area (Å²) in [5.74, 6) is 1.23. The highest BCUT2D eigenvalue weighted by Crippen LogP contribution is 2.29. The third-order valence-corrected chi connectivity index (χ3v) is 3.90. The molecule has 3 rings (SSSR count). The Morgan fingerprint density at radius 1 is 0.880 bits per heavy atom. The number of fused-ring (bicyclic) bond motifs is 1. The summed E-state index contributed by atoms with van der Waals surface area (Å²) in [6.07, 6.45) is 3.14. The molecule has 0 spiro atoms. The van der Waals surface area contributed by atoms with Gasteiger partial charge in [-0.05, 0) is 29.0 Å². The second kappa shape index (κ2) is 7.53. The molecule has 0 radical (unpaired) electrons. The lowest BCUT2D eigenvalue weighted by Crippen LogP contribution is -1.97. The molecule has 0 heterocycles. The summed E-state index contributed by atoms with van der Waals surface area (Å²) in [5.41, 5.74) is 1.46. The Labute approximate surface area is 146 Å². The molecule has 0 saturated heterocycles. The average molecular weight is 333 g/mol. The summed E-state index contributed by atoms with van der Waals surface area (Å²) in [5, 5.41) is 5.24. The van der Waals surface area contributed by atoms with Crippen molar-refractivity contribution in [2.45, 2.75) is 0 Å². The molecule has 0 aliphatic rings. The molecule has 0 bridgehead atoms. The van der Waals surface area contributed by atoms with E-state index in [9.17, 15) is 4.79 Å². The molecule has 3 aromatic carbocycles. The molecule has 0 aromatic heterocycles. The highest BCUT2D eigenvalue weighted by Gasteiger charge is 2.05. The Morgan fingerprint density at radius 3 is 2.40 bits per heavy atom. The van der Waals surface area contributed by atoms with Crippen LogP contribution in [0, 0.1) is 0 Å². The van der Waals surface area contributed by atoms with Crippen LogP contribution in [-0.2, 0) is 0 Å². The summed E-state index contributed by atoms with van der Waals surface area (Å²) >= 11 is 0. The van der Waals surface area contributed by atoms with Gasteiger partial charge in [-0.15, -0.1) is 0 Å². The molecule has 0 aliphatic heterocycles. The van der Waals surface area contributed by atoms with Gasteiger partial charge in [0.2, 0.25) is 0 Å². The van der Waals surface area contributed by atoms with Gasteiger partial charge in [0.1, 0.15) is 0 Å². The van der Waals surface area contributed by atoms with E-state index in [1.807, 2.05) is 54.6 Å². The minimum atomic E-state index is -0.0567. The van der Waals surface area contributed by atoms with Crippen molar-refractivity contribution in [3.05, 3.63) is 78.5 Å². The first-order valence-electron chi connectivity index (χ1n) is 7.89. The van der Waals surface area contributed by atoms with Gasteiger partial charge in [-0.1, -0.05) is 36.4 Å². The van der Waals surface area contributed by atoms with Gasteiger partial charge in [-0.2, -0.15) is 0 Å². The van der Waals surface area contributed by atoms with E-state index in [1.165, 1.54) is 6.08 Å². The van der Waals surface area contributed by atoms with Crippen LogP contribution in [0.2, 0.25) is 0 Å². The van der Waals surface area contributed by atoms with Crippen molar-refractivity contribution >= 4 is 22.2 Å². The molecule has 1 N–H and O–H groups in total. The lowest BCUT2D eigenvalue weighted by Gasteiger charge is -2.09. The third kappa shape index (κ3) is 3.80. The summed E-state index contributed by atoms with van der Waals surface area (Å²) < 4.78 is 10.5. The number of allylic oxidation sites excluding steroid dienone is 1. The number of carbonyl (C=O) groups is 1. The molecule has 0 saturated carbocycles. The van der Waals surface area contributed by atoms with E-state index in [-0.39, 0.29) is 5.78 Å². The molecule has 25 heavy (non-hydrogen) atoms. The van der Waals surface area contributed by atoms with E-state index in [4.69, 9.17) is 9.47 Å². The second-order valence-corrected chi connectivity index (χ2v) is 5.47. The summed E-state index contributed by atoms with van der Waals surface area (Å²) in [6.45, 7) is 0. The van der Waals surface area contributed by atoms with Crippen molar-refractivity contribution in [1.29, 1.82) is 0 Å². The predicted octanol–water partition coefficient (Wildman–Crippen LogP) is 4.67. The smallest absolute Gasteiger partial charge is 0.187 e. The number of ketones is 1. The highest BCUT2D eigenvalue weighted by atomic mass is 16.5. The summed E-state index contributed by atoms with van der Waals surface area (Å²) in [6, 6.07) is 19.1. The standard InChI is InChI=1S/C21H19NO3/c1-24-20-10-9-18(14-21(20)25-2)22-12-11-19(23)17-8-7-15-5-3-4-6-16(15)13-17/h3-14,22H,1-2H3. The number of anilines is 1. The van der Waals surface area contributed by atoms with Crippen LogP contribution in [0.4, 0.5) is 5.69 Å². The van der Waals surface area contributed by atoms with Gasteiger partial charge in [0, 0.05) is 29.6 Å². The second-order valence-electron chi connectivity index (χ2n) is 5.47. The number of rotatable bonds is 6. The van der Waals surface area contributed by atoms with Crippen LogP contribution < -0.4 is 14.8 Å². The van der Waals surface area contributed by atoms with E-state index >= 15 is 0 Å². The number of carbonyl (C=O) groups excluding carboxylic acids is 1. The molecule has 0 atom stereocenters. The first kappa shape index (κ1) is 16.6. The number of nitrogens with one attached hydrogen (secondary N) is 1. The fourth-order valence-corrected chi connectivity index (χ4v) is 2.58. The van der Waals surface area contributed by atoms with Crippen molar-refractivity contribution in [3.8, 4) is 11.5 Å².